The molecule has 1 aromatic rings. The van der Waals surface area contributed by atoms with Crippen molar-refractivity contribution in [1.82, 2.24) is 9.97 Å². The van der Waals surface area contributed by atoms with Crippen molar-refractivity contribution in [3.63, 3.8) is 0 Å². The monoisotopic (exact) mass is 193 g/mol. The van der Waals surface area contributed by atoms with E-state index in [1.54, 1.807) is 6.33 Å². The van der Waals surface area contributed by atoms with Gasteiger partial charge in [0.2, 0.25) is 0 Å². The average Bonchev–Trinajstić information content (AvgIpc) is 2.01. The lowest BCUT2D eigenvalue weighted by molar-refractivity contribution is 0.567. The second-order valence-corrected chi connectivity index (χ2v) is 4.84. The van der Waals surface area contributed by atoms with Crippen molar-refractivity contribution in [3.8, 4) is 0 Å². The summed E-state index contributed by atoms with van der Waals surface area (Å²) in [5.74, 6) is 0.903. The molecule has 0 fully saturated rings. The fraction of sp³-hybridized carbons (Fsp3) is 0.636. The summed E-state index contributed by atoms with van der Waals surface area (Å²) in [6.45, 7) is 10.6. The van der Waals surface area contributed by atoms with Crippen LogP contribution in [0, 0.1) is 0 Å². The van der Waals surface area contributed by atoms with Crippen molar-refractivity contribution in [1.29, 1.82) is 0 Å². The third-order valence-electron chi connectivity index (χ3n) is 1.87. The molecule has 1 N–H and O–H groups in total. The minimum Gasteiger partial charge on any atom is -0.368 e. The standard InChI is InChI=1S/C11H19N3/c1-8(2)14-10-6-9(11(3,4)5)12-7-13-10/h6-8H,1-5H3,(H,12,13,14). The molecule has 14 heavy (non-hydrogen) atoms. The Kier molecular flexibility index (Phi) is 3.09. The van der Waals surface area contributed by atoms with Gasteiger partial charge in [-0.1, -0.05) is 20.8 Å². The van der Waals surface area contributed by atoms with Gasteiger partial charge in [-0.15, -0.1) is 0 Å². The van der Waals surface area contributed by atoms with Crippen LogP contribution in [-0.4, -0.2) is 16.0 Å². The summed E-state index contributed by atoms with van der Waals surface area (Å²) < 4.78 is 0. The van der Waals surface area contributed by atoms with Crippen LogP contribution in [0.3, 0.4) is 0 Å². The zero-order chi connectivity index (χ0) is 10.8. The molecule has 0 saturated heterocycles. The van der Waals surface area contributed by atoms with E-state index in [1.807, 2.05) is 6.07 Å². The van der Waals surface area contributed by atoms with Crippen molar-refractivity contribution >= 4 is 5.82 Å². The number of aromatic nitrogens is 2. The highest BCUT2D eigenvalue weighted by Gasteiger charge is 2.15. The number of nitrogens with one attached hydrogen (secondary N) is 1. The van der Waals surface area contributed by atoms with Gasteiger partial charge in [0.1, 0.15) is 12.1 Å². The Morgan fingerprint density at radius 1 is 1.21 bits per heavy atom. The molecule has 1 rings (SSSR count). The second-order valence-electron chi connectivity index (χ2n) is 4.84. The van der Waals surface area contributed by atoms with E-state index >= 15 is 0 Å². The Balaban J connectivity index is 2.90. The van der Waals surface area contributed by atoms with Crippen molar-refractivity contribution in [3.05, 3.63) is 18.1 Å². The first kappa shape index (κ1) is 11.0. The van der Waals surface area contributed by atoms with Gasteiger partial charge in [-0.25, -0.2) is 9.97 Å². The Labute approximate surface area is 86.0 Å². The maximum absolute atomic E-state index is 4.27. The van der Waals surface area contributed by atoms with E-state index in [4.69, 9.17) is 0 Å². The van der Waals surface area contributed by atoms with Gasteiger partial charge in [0, 0.05) is 17.5 Å². The lowest BCUT2D eigenvalue weighted by Gasteiger charge is -2.18. The van der Waals surface area contributed by atoms with Gasteiger partial charge in [-0.2, -0.15) is 0 Å². The summed E-state index contributed by atoms with van der Waals surface area (Å²) in [6, 6.07) is 2.41. The van der Waals surface area contributed by atoms with Crippen LogP contribution in [0.4, 0.5) is 5.82 Å². The quantitative estimate of drug-likeness (QED) is 0.784. The number of rotatable bonds is 2. The number of hydrogen-bond donors (Lipinski definition) is 1. The predicted octanol–water partition coefficient (Wildman–Crippen LogP) is 2.59. The summed E-state index contributed by atoms with van der Waals surface area (Å²) in [7, 11) is 0. The van der Waals surface area contributed by atoms with Crippen molar-refractivity contribution in [2.24, 2.45) is 0 Å². The molecule has 1 heterocycles. The molecule has 0 amide bonds. The van der Waals surface area contributed by atoms with E-state index in [2.05, 4.69) is 49.9 Å². The zero-order valence-electron chi connectivity index (χ0n) is 9.63. The molecule has 0 aliphatic heterocycles. The molecular formula is C11H19N3. The third kappa shape index (κ3) is 2.98. The van der Waals surface area contributed by atoms with Crippen LogP contribution < -0.4 is 5.32 Å². The van der Waals surface area contributed by atoms with Gasteiger partial charge in [0.05, 0.1) is 5.69 Å². The second kappa shape index (κ2) is 3.95. The average molecular weight is 193 g/mol. The van der Waals surface area contributed by atoms with Gasteiger partial charge < -0.3 is 5.32 Å². The number of hydrogen-bond acceptors (Lipinski definition) is 3. The molecule has 0 aliphatic rings. The first-order valence-corrected chi connectivity index (χ1v) is 4.98. The van der Waals surface area contributed by atoms with Gasteiger partial charge in [-0.05, 0) is 13.8 Å². The molecule has 0 saturated carbocycles. The largest absolute Gasteiger partial charge is 0.368 e. The van der Waals surface area contributed by atoms with Gasteiger partial charge in [-0.3, -0.25) is 0 Å². The SMILES string of the molecule is CC(C)Nc1cc(C(C)(C)C)ncn1. The van der Waals surface area contributed by atoms with E-state index in [0.29, 0.717) is 6.04 Å². The van der Waals surface area contributed by atoms with Crippen LogP contribution in [0.25, 0.3) is 0 Å². The first-order chi connectivity index (χ1) is 6.39. The smallest absolute Gasteiger partial charge is 0.129 e. The molecule has 0 bridgehead atoms. The van der Waals surface area contributed by atoms with Crippen LogP contribution in [0.1, 0.15) is 40.3 Å². The molecule has 1 aromatic heterocycles. The maximum atomic E-state index is 4.27. The van der Waals surface area contributed by atoms with Crippen molar-refractivity contribution in [2.75, 3.05) is 5.32 Å². The lowest BCUT2D eigenvalue weighted by atomic mass is 9.92. The molecule has 0 atom stereocenters. The minimum absolute atomic E-state index is 0.0797. The topological polar surface area (TPSA) is 37.8 Å². The summed E-state index contributed by atoms with van der Waals surface area (Å²) >= 11 is 0. The fourth-order valence-corrected chi connectivity index (χ4v) is 1.14. The lowest BCUT2D eigenvalue weighted by Crippen LogP contribution is -2.16. The maximum Gasteiger partial charge on any atom is 0.129 e. The Morgan fingerprint density at radius 2 is 1.86 bits per heavy atom. The van der Waals surface area contributed by atoms with Crippen LogP contribution in [0.5, 0.6) is 0 Å². The normalized spacial score (nSPS) is 11.9. The molecule has 3 nitrogen and oxygen atoms in total. The van der Waals surface area contributed by atoms with E-state index < -0.39 is 0 Å². The molecule has 0 unspecified atom stereocenters. The molecular weight excluding hydrogens is 174 g/mol. The van der Waals surface area contributed by atoms with Gasteiger partial charge >= 0.3 is 0 Å². The third-order valence-corrected chi connectivity index (χ3v) is 1.87. The molecule has 0 aliphatic carbocycles. The van der Waals surface area contributed by atoms with E-state index in [-0.39, 0.29) is 5.41 Å². The summed E-state index contributed by atoms with van der Waals surface area (Å²) in [5.41, 5.74) is 1.15. The van der Waals surface area contributed by atoms with E-state index in [1.165, 1.54) is 0 Å². The molecule has 0 radical (unpaired) electrons. The van der Waals surface area contributed by atoms with Crippen molar-refractivity contribution in [2.45, 2.75) is 46.1 Å². The van der Waals surface area contributed by atoms with Gasteiger partial charge in [0.15, 0.2) is 0 Å². The highest BCUT2D eigenvalue weighted by molar-refractivity contribution is 5.37. The first-order valence-electron chi connectivity index (χ1n) is 4.98. The molecule has 3 heteroatoms. The van der Waals surface area contributed by atoms with Crippen LogP contribution >= 0.6 is 0 Å². The number of anilines is 1. The summed E-state index contributed by atoms with van der Waals surface area (Å²) in [6.07, 6.45) is 1.62. The Morgan fingerprint density at radius 3 is 2.36 bits per heavy atom. The Bertz CT molecular complexity index is 300. The minimum atomic E-state index is 0.0797. The zero-order valence-corrected chi connectivity index (χ0v) is 9.63. The van der Waals surface area contributed by atoms with E-state index in [0.717, 1.165) is 11.5 Å². The summed E-state index contributed by atoms with van der Waals surface area (Å²) in [4.78, 5) is 8.44. The van der Waals surface area contributed by atoms with Crippen LogP contribution in [0.2, 0.25) is 0 Å². The Hall–Kier alpha value is -1.12. The molecule has 0 spiro atoms. The number of nitrogens with zero attached hydrogens (tertiary/aromatic N) is 2. The summed E-state index contributed by atoms with van der Waals surface area (Å²) in [5, 5.41) is 3.27. The van der Waals surface area contributed by atoms with Crippen LogP contribution in [0.15, 0.2) is 12.4 Å². The van der Waals surface area contributed by atoms with E-state index in [9.17, 15) is 0 Å². The predicted molar refractivity (Wildman–Crippen MR) is 59.5 cm³/mol. The molecule has 78 valence electrons. The fourth-order valence-electron chi connectivity index (χ4n) is 1.14. The van der Waals surface area contributed by atoms with Crippen molar-refractivity contribution < 1.29 is 0 Å². The highest BCUT2D eigenvalue weighted by Crippen LogP contribution is 2.21. The van der Waals surface area contributed by atoms with Gasteiger partial charge in [0.25, 0.3) is 0 Å². The van der Waals surface area contributed by atoms with Crippen LogP contribution in [-0.2, 0) is 5.41 Å². The molecule has 0 aromatic carbocycles. The highest BCUT2D eigenvalue weighted by atomic mass is 15.0.